The lowest BCUT2D eigenvalue weighted by atomic mass is 10.1. The van der Waals surface area contributed by atoms with Crippen molar-refractivity contribution in [2.24, 2.45) is 0 Å². The van der Waals surface area contributed by atoms with Crippen LogP contribution in [0.4, 0.5) is 5.69 Å². The van der Waals surface area contributed by atoms with Crippen LogP contribution < -0.4 is 9.62 Å². The van der Waals surface area contributed by atoms with Gasteiger partial charge in [-0.25, -0.2) is 8.42 Å². The Labute approximate surface area is 143 Å². The van der Waals surface area contributed by atoms with E-state index < -0.39 is 10.0 Å². The smallest absolute Gasteiger partial charge is 0.251 e. The molecule has 1 atom stereocenters. The first-order valence-electron chi connectivity index (χ1n) is 7.77. The van der Waals surface area contributed by atoms with E-state index >= 15 is 0 Å². The first-order valence-corrected chi connectivity index (χ1v) is 9.38. The third-order valence-corrected chi connectivity index (χ3v) is 5.70. The van der Waals surface area contributed by atoms with Gasteiger partial charge < -0.3 is 5.32 Å². The van der Waals surface area contributed by atoms with E-state index in [1.807, 2.05) is 37.3 Å². The fourth-order valence-corrected chi connectivity index (χ4v) is 3.11. The molecule has 0 bridgehead atoms. The Morgan fingerprint density at radius 1 is 1.08 bits per heavy atom. The zero-order valence-corrected chi connectivity index (χ0v) is 14.9. The summed E-state index contributed by atoms with van der Waals surface area (Å²) in [5.41, 5.74) is 2.05. The molecule has 0 aliphatic heterocycles. The van der Waals surface area contributed by atoms with Gasteiger partial charge in [0.15, 0.2) is 0 Å². The molecular formula is C18H22N2O3S. The molecule has 0 aliphatic carbocycles. The molecule has 0 saturated carbocycles. The summed E-state index contributed by atoms with van der Waals surface area (Å²) in [4.78, 5) is 12.3. The molecule has 6 heteroatoms. The van der Waals surface area contributed by atoms with Gasteiger partial charge in [0.05, 0.1) is 17.5 Å². The molecule has 1 N–H and O–H groups in total. The molecule has 0 aromatic heterocycles. The lowest BCUT2D eigenvalue weighted by molar-refractivity contribution is 0.0940. The Balaban J connectivity index is 2.09. The molecule has 128 valence electrons. The van der Waals surface area contributed by atoms with Crippen LogP contribution in [-0.4, -0.2) is 27.1 Å². The van der Waals surface area contributed by atoms with Gasteiger partial charge >= 0.3 is 0 Å². The van der Waals surface area contributed by atoms with Crippen LogP contribution >= 0.6 is 0 Å². The summed E-state index contributed by atoms with van der Waals surface area (Å²) >= 11 is 0. The number of anilines is 1. The van der Waals surface area contributed by atoms with E-state index in [9.17, 15) is 13.2 Å². The van der Waals surface area contributed by atoms with E-state index in [2.05, 4.69) is 5.32 Å². The van der Waals surface area contributed by atoms with Gasteiger partial charge in [-0.1, -0.05) is 30.3 Å². The number of rotatable bonds is 6. The fraction of sp³-hybridized carbons (Fsp3) is 0.278. The van der Waals surface area contributed by atoms with Crippen LogP contribution in [0.25, 0.3) is 0 Å². The third-order valence-electron chi connectivity index (χ3n) is 3.92. The minimum atomic E-state index is -3.31. The number of carbonyl (C=O) groups excluding carboxylic acids is 1. The van der Waals surface area contributed by atoms with Gasteiger partial charge in [0.25, 0.3) is 5.91 Å². The van der Waals surface area contributed by atoms with Crippen LogP contribution in [0.15, 0.2) is 54.6 Å². The first kappa shape index (κ1) is 18.0. The van der Waals surface area contributed by atoms with Crippen molar-refractivity contribution >= 4 is 21.6 Å². The zero-order chi connectivity index (χ0) is 17.7. The minimum absolute atomic E-state index is 0.0281. The Kier molecular flexibility index (Phi) is 5.62. The molecular weight excluding hydrogens is 324 g/mol. The van der Waals surface area contributed by atoms with E-state index in [1.165, 1.54) is 11.4 Å². The van der Waals surface area contributed by atoms with Crippen LogP contribution in [-0.2, 0) is 10.0 Å². The minimum Gasteiger partial charge on any atom is -0.346 e. The van der Waals surface area contributed by atoms with Gasteiger partial charge in [-0.15, -0.1) is 0 Å². The highest BCUT2D eigenvalue weighted by atomic mass is 32.2. The highest BCUT2D eigenvalue weighted by Crippen LogP contribution is 2.18. The third kappa shape index (κ3) is 4.14. The molecule has 2 aromatic rings. The lowest BCUT2D eigenvalue weighted by Crippen LogP contribution is -2.28. The highest BCUT2D eigenvalue weighted by Gasteiger charge is 2.16. The Bertz CT molecular complexity index is 787. The molecule has 0 aliphatic rings. The number of nitrogens with one attached hydrogen (secondary N) is 1. The fourth-order valence-electron chi connectivity index (χ4n) is 2.28. The maximum absolute atomic E-state index is 12.3. The number of sulfonamides is 1. The van der Waals surface area contributed by atoms with E-state index in [-0.39, 0.29) is 17.7 Å². The number of benzene rings is 2. The summed E-state index contributed by atoms with van der Waals surface area (Å²) in [6.45, 7) is 3.52. The van der Waals surface area contributed by atoms with E-state index in [0.29, 0.717) is 11.3 Å². The van der Waals surface area contributed by atoms with E-state index in [0.717, 1.165) is 5.56 Å². The second-order valence-corrected chi connectivity index (χ2v) is 7.81. The molecule has 5 nitrogen and oxygen atoms in total. The summed E-state index contributed by atoms with van der Waals surface area (Å²) in [6.07, 6.45) is 0. The van der Waals surface area contributed by atoms with Crippen LogP contribution in [0.2, 0.25) is 0 Å². The van der Waals surface area contributed by atoms with Crippen LogP contribution in [0.3, 0.4) is 0 Å². The zero-order valence-electron chi connectivity index (χ0n) is 14.1. The van der Waals surface area contributed by atoms with Crippen molar-refractivity contribution in [1.82, 2.24) is 5.32 Å². The van der Waals surface area contributed by atoms with Crippen molar-refractivity contribution in [2.45, 2.75) is 19.9 Å². The first-order chi connectivity index (χ1) is 11.3. The molecule has 0 unspecified atom stereocenters. The van der Waals surface area contributed by atoms with Crippen molar-refractivity contribution in [2.75, 3.05) is 17.1 Å². The van der Waals surface area contributed by atoms with Gasteiger partial charge in [-0.2, -0.15) is 0 Å². The molecule has 0 saturated heterocycles. The van der Waals surface area contributed by atoms with Crippen LogP contribution in [0.5, 0.6) is 0 Å². The number of nitrogens with zero attached hydrogens (tertiary/aromatic N) is 1. The highest BCUT2D eigenvalue weighted by molar-refractivity contribution is 7.92. The van der Waals surface area contributed by atoms with Gasteiger partial charge in [0.1, 0.15) is 0 Å². The molecule has 2 rings (SSSR count). The summed E-state index contributed by atoms with van der Waals surface area (Å²) in [6, 6.07) is 16.1. The van der Waals surface area contributed by atoms with Crippen molar-refractivity contribution in [1.29, 1.82) is 0 Å². The predicted molar refractivity (Wildman–Crippen MR) is 96.6 cm³/mol. The second-order valence-electron chi connectivity index (χ2n) is 5.52. The molecule has 0 fully saturated rings. The number of carbonyl (C=O) groups is 1. The molecule has 0 radical (unpaired) electrons. The monoisotopic (exact) mass is 346 g/mol. The average molecular weight is 346 g/mol. The van der Waals surface area contributed by atoms with Crippen molar-refractivity contribution in [3.63, 3.8) is 0 Å². The number of amides is 1. The Hall–Kier alpha value is -2.34. The van der Waals surface area contributed by atoms with Crippen LogP contribution in [0, 0.1) is 0 Å². The largest absolute Gasteiger partial charge is 0.346 e. The Morgan fingerprint density at radius 3 is 2.21 bits per heavy atom. The molecule has 0 spiro atoms. The predicted octanol–water partition coefficient (Wildman–Crippen LogP) is 2.96. The lowest BCUT2D eigenvalue weighted by Gasteiger charge is -2.19. The Morgan fingerprint density at radius 2 is 1.67 bits per heavy atom. The van der Waals surface area contributed by atoms with Gasteiger partial charge in [-0.05, 0) is 43.7 Å². The maximum Gasteiger partial charge on any atom is 0.251 e. The molecule has 24 heavy (non-hydrogen) atoms. The quantitative estimate of drug-likeness (QED) is 0.874. The van der Waals surface area contributed by atoms with Gasteiger partial charge in [0, 0.05) is 12.6 Å². The van der Waals surface area contributed by atoms with Gasteiger partial charge in [-0.3, -0.25) is 9.10 Å². The molecule has 0 heterocycles. The summed E-state index contributed by atoms with van der Waals surface area (Å²) in [5, 5.41) is 2.93. The SMILES string of the molecule is CCS(=O)(=O)N(C)c1ccc(C(=O)N[C@@H](C)c2ccccc2)cc1. The van der Waals surface area contributed by atoms with Crippen molar-refractivity contribution in [3.05, 3.63) is 65.7 Å². The van der Waals surface area contributed by atoms with Crippen molar-refractivity contribution in [3.8, 4) is 0 Å². The number of hydrogen-bond donors (Lipinski definition) is 1. The standard InChI is InChI=1S/C18H22N2O3S/c1-4-24(22,23)20(3)17-12-10-16(11-13-17)18(21)19-14(2)15-8-6-5-7-9-15/h5-14H,4H2,1-3H3,(H,19,21)/t14-/m0/s1. The van der Waals surface area contributed by atoms with E-state index in [1.54, 1.807) is 31.2 Å². The van der Waals surface area contributed by atoms with Crippen molar-refractivity contribution < 1.29 is 13.2 Å². The summed E-state index contributed by atoms with van der Waals surface area (Å²) in [5.74, 6) is -0.167. The van der Waals surface area contributed by atoms with Crippen LogP contribution in [0.1, 0.15) is 35.8 Å². The number of hydrogen-bond acceptors (Lipinski definition) is 3. The molecule has 2 aromatic carbocycles. The second kappa shape index (κ2) is 7.49. The van der Waals surface area contributed by atoms with Gasteiger partial charge in [0.2, 0.25) is 10.0 Å². The van der Waals surface area contributed by atoms with E-state index in [4.69, 9.17) is 0 Å². The average Bonchev–Trinajstić information content (AvgIpc) is 2.61. The molecule has 1 amide bonds. The summed E-state index contributed by atoms with van der Waals surface area (Å²) in [7, 11) is -1.80. The maximum atomic E-state index is 12.3. The topological polar surface area (TPSA) is 66.5 Å². The normalized spacial score (nSPS) is 12.5. The summed E-state index contributed by atoms with van der Waals surface area (Å²) < 4.78 is 25.0.